The van der Waals surface area contributed by atoms with E-state index in [9.17, 15) is 4.79 Å². The predicted octanol–water partition coefficient (Wildman–Crippen LogP) is 3.18. The number of nitrogens with zero attached hydrogens (tertiary/aromatic N) is 3. The summed E-state index contributed by atoms with van der Waals surface area (Å²) < 4.78 is 0. The number of hydrogen-bond donors (Lipinski definition) is 0. The second-order valence-corrected chi connectivity index (χ2v) is 9.38. The molecule has 0 bridgehead atoms. The summed E-state index contributed by atoms with van der Waals surface area (Å²) in [4.78, 5) is 19.7. The summed E-state index contributed by atoms with van der Waals surface area (Å²) in [5.74, 6) is 2.69. The maximum atomic E-state index is 12.2. The van der Waals surface area contributed by atoms with Crippen molar-refractivity contribution in [1.82, 2.24) is 14.7 Å². The van der Waals surface area contributed by atoms with Crippen LogP contribution in [0.4, 0.5) is 0 Å². The molecule has 146 valence electrons. The molecule has 1 atom stereocenters. The summed E-state index contributed by atoms with van der Waals surface area (Å²) >= 11 is 0. The van der Waals surface area contributed by atoms with E-state index in [-0.39, 0.29) is 5.92 Å². The van der Waals surface area contributed by atoms with E-state index in [1.807, 2.05) is 13.8 Å². The van der Waals surface area contributed by atoms with E-state index in [4.69, 9.17) is 0 Å². The lowest BCUT2D eigenvalue weighted by atomic mass is 9.92. The predicted molar refractivity (Wildman–Crippen MR) is 106 cm³/mol. The maximum absolute atomic E-state index is 12.2. The second-order valence-electron chi connectivity index (χ2n) is 9.38. The van der Waals surface area contributed by atoms with Gasteiger partial charge in [0.25, 0.3) is 0 Å². The van der Waals surface area contributed by atoms with Crippen LogP contribution in [-0.4, -0.2) is 72.5 Å². The summed E-state index contributed by atoms with van der Waals surface area (Å²) in [6.45, 7) is 21.4. The highest BCUT2D eigenvalue weighted by atomic mass is 16.2. The van der Waals surface area contributed by atoms with Crippen molar-refractivity contribution in [2.45, 2.75) is 60.4 Å². The topological polar surface area (TPSA) is 26.8 Å². The van der Waals surface area contributed by atoms with Gasteiger partial charge in [0.05, 0.1) is 0 Å². The summed E-state index contributed by atoms with van der Waals surface area (Å²) in [6, 6.07) is 0.683. The summed E-state index contributed by atoms with van der Waals surface area (Å²) in [5, 5.41) is 0. The third kappa shape index (κ3) is 5.96. The molecule has 0 aliphatic carbocycles. The van der Waals surface area contributed by atoms with E-state index in [0.29, 0.717) is 17.9 Å². The van der Waals surface area contributed by atoms with Crippen molar-refractivity contribution in [2.75, 3.05) is 45.8 Å². The van der Waals surface area contributed by atoms with Crippen LogP contribution in [0.25, 0.3) is 0 Å². The van der Waals surface area contributed by atoms with Crippen molar-refractivity contribution in [1.29, 1.82) is 0 Å². The highest BCUT2D eigenvalue weighted by Crippen LogP contribution is 2.24. The van der Waals surface area contributed by atoms with Gasteiger partial charge in [0.15, 0.2) is 0 Å². The number of rotatable bonds is 6. The molecule has 1 unspecified atom stereocenters. The van der Waals surface area contributed by atoms with Gasteiger partial charge in [-0.15, -0.1) is 0 Å². The van der Waals surface area contributed by atoms with Gasteiger partial charge in [0.1, 0.15) is 0 Å². The minimum atomic E-state index is 0.135. The monoisotopic (exact) mass is 351 g/mol. The highest BCUT2D eigenvalue weighted by molar-refractivity contribution is 5.78. The first-order valence-electron chi connectivity index (χ1n) is 10.5. The average Bonchev–Trinajstić information content (AvgIpc) is 2.55. The van der Waals surface area contributed by atoms with E-state index in [1.165, 1.54) is 45.6 Å². The van der Waals surface area contributed by atoms with Crippen molar-refractivity contribution in [2.24, 2.45) is 23.7 Å². The highest BCUT2D eigenvalue weighted by Gasteiger charge is 2.32. The molecule has 4 heteroatoms. The number of carbonyl (C=O) groups is 1. The molecule has 0 radical (unpaired) electrons. The quantitative estimate of drug-likeness (QED) is 0.735. The fraction of sp³-hybridized carbons (Fsp3) is 0.952. The average molecular weight is 352 g/mol. The van der Waals surface area contributed by atoms with Crippen LogP contribution < -0.4 is 0 Å². The first-order valence-corrected chi connectivity index (χ1v) is 10.5. The van der Waals surface area contributed by atoms with Crippen molar-refractivity contribution in [3.8, 4) is 0 Å². The van der Waals surface area contributed by atoms with Gasteiger partial charge in [0, 0.05) is 57.8 Å². The Hall–Kier alpha value is -0.610. The summed E-state index contributed by atoms with van der Waals surface area (Å²) in [7, 11) is 0. The molecule has 1 amide bonds. The second kappa shape index (κ2) is 9.36. The van der Waals surface area contributed by atoms with Gasteiger partial charge in [-0.3, -0.25) is 9.69 Å². The molecule has 0 saturated carbocycles. The Morgan fingerprint density at radius 3 is 2.12 bits per heavy atom. The number of piperazine rings is 1. The van der Waals surface area contributed by atoms with Crippen LogP contribution in [0.15, 0.2) is 0 Å². The van der Waals surface area contributed by atoms with Crippen molar-refractivity contribution in [3.63, 3.8) is 0 Å². The Balaban J connectivity index is 1.84. The Morgan fingerprint density at radius 1 is 0.960 bits per heavy atom. The minimum absolute atomic E-state index is 0.135. The van der Waals surface area contributed by atoms with Crippen molar-refractivity contribution < 1.29 is 4.79 Å². The van der Waals surface area contributed by atoms with Gasteiger partial charge in [-0.2, -0.15) is 0 Å². The Morgan fingerprint density at radius 2 is 1.60 bits per heavy atom. The zero-order valence-corrected chi connectivity index (χ0v) is 17.5. The Bertz CT molecular complexity index is 413. The van der Waals surface area contributed by atoms with Crippen LogP contribution in [0.1, 0.15) is 54.4 Å². The van der Waals surface area contributed by atoms with Gasteiger partial charge in [0.2, 0.25) is 5.91 Å². The third-order valence-electron chi connectivity index (χ3n) is 5.92. The Kier molecular flexibility index (Phi) is 7.75. The summed E-state index contributed by atoms with van der Waals surface area (Å²) in [5.41, 5.74) is 0. The third-order valence-corrected chi connectivity index (χ3v) is 5.92. The van der Waals surface area contributed by atoms with E-state index in [1.54, 1.807) is 0 Å². The van der Waals surface area contributed by atoms with Gasteiger partial charge in [-0.05, 0) is 30.6 Å². The molecule has 0 aromatic heterocycles. The van der Waals surface area contributed by atoms with E-state index in [0.717, 1.165) is 24.9 Å². The molecule has 25 heavy (non-hydrogen) atoms. The number of hydrogen-bond acceptors (Lipinski definition) is 3. The fourth-order valence-electron chi connectivity index (χ4n) is 4.48. The molecule has 2 aliphatic heterocycles. The zero-order valence-electron chi connectivity index (χ0n) is 17.5. The number of carbonyl (C=O) groups excluding carboxylic acids is 1. The van der Waals surface area contributed by atoms with E-state index in [2.05, 4.69) is 42.4 Å². The zero-order chi connectivity index (χ0) is 18.6. The molecule has 0 aromatic rings. The number of amides is 1. The molecular weight excluding hydrogens is 310 g/mol. The fourth-order valence-corrected chi connectivity index (χ4v) is 4.48. The van der Waals surface area contributed by atoms with Crippen LogP contribution in [0.3, 0.4) is 0 Å². The number of piperidine rings is 1. The molecule has 2 aliphatic rings. The van der Waals surface area contributed by atoms with Gasteiger partial charge in [-0.25, -0.2) is 0 Å². The lowest BCUT2D eigenvalue weighted by molar-refractivity contribution is -0.136. The standard InChI is InChI=1S/C21H41N3O/c1-16(2)13-22-11-12-24(20(15-22)17(3)4)14-19-7-9-23(10-8-19)21(25)18(5)6/h16-20H,7-15H2,1-6H3. The lowest BCUT2D eigenvalue weighted by Crippen LogP contribution is -2.57. The van der Waals surface area contributed by atoms with E-state index >= 15 is 0 Å². The normalized spacial score (nSPS) is 24.7. The molecule has 0 spiro atoms. The first kappa shape index (κ1) is 20.7. The van der Waals surface area contributed by atoms with Crippen LogP contribution >= 0.6 is 0 Å². The summed E-state index contributed by atoms with van der Waals surface area (Å²) in [6.07, 6.45) is 2.35. The minimum Gasteiger partial charge on any atom is -0.342 e. The van der Waals surface area contributed by atoms with Crippen molar-refractivity contribution >= 4 is 5.91 Å². The molecule has 2 fully saturated rings. The molecule has 0 N–H and O–H groups in total. The largest absolute Gasteiger partial charge is 0.342 e. The molecule has 2 heterocycles. The number of likely N-dealkylation sites (tertiary alicyclic amines) is 1. The van der Waals surface area contributed by atoms with Crippen LogP contribution in [0.5, 0.6) is 0 Å². The van der Waals surface area contributed by atoms with Gasteiger partial charge >= 0.3 is 0 Å². The molecule has 2 rings (SSSR count). The smallest absolute Gasteiger partial charge is 0.225 e. The molecule has 4 nitrogen and oxygen atoms in total. The van der Waals surface area contributed by atoms with Crippen LogP contribution in [0, 0.1) is 23.7 Å². The van der Waals surface area contributed by atoms with Gasteiger partial charge in [-0.1, -0.05) is 41.5 Å². The maximum Gasteiger partial charge on any atom is 0.225 e. The molecule has 2 saturated heterocycles. The van der Waals surface area contributed by atoms with E-state index < -0.39 is 0 Å². The first-order chi connectivity index (χ1) is 11.8. The lowest BCUT2D eigenvalue weighted by Gasteiger charge is -2.46. The molecule has 0 aromatic carbocycles. The molecular formula is C21H41N3O. The van der Waals surface area contributed by atoms with Gasteiger partial charge < -0.3 is 9.80 Å². The van der Waals surface area contributed by atoms with Crippen LogP contribution in [0.2, 0.25) is 0 Å². The SMILES string of the molecule is CC(C)CN1CCN(CC2CCN(C(=O)C(C)C)CC2)C(C(C)C)C1. The van der Waals surface area contributed by atoms with Crippen LogP contribution in [-0.2, 0) is 4.79 Å². The Labute approximate surface area is 155 Å². The van der Waals surface area contributed by atoms with Crippen molar-refractivity contribution in [3.05, 3.63) is 0 Å².